The molecule has 1 heterocycles. The molecule has 2 fully saturated rings. The van der Waals surface area contributed by atoms with Crippen LogP contribution in [0.3, 0.4) is 0 Å². The molecule has 0 aromatic carbocycles. The van der Waals surface area contributed by atoms with Crippen molar-refractivity contribution in [2.24, 2.45) is 11.8 Å². The molecule has 0 aromatic heterocycles. The van der Waals surface area contributed by atoms with Gasteiger partial charge in [-0.15, -0.1) is 0 Å². The summed E-state index contributed by atoms with van der Waals surface area (Å²) in [4.78, 5) is 2.68. The zero-order chi connectivity index (χ0) is 12.7. The highest BCUT2D eigenvalue weighted by molar-refractivity contribution is 4.90. The van der Waals surface area contributed by atoms with E-state index >= 15 is 0 Å². The Bertz CT molecular complexity index is 236. The molecule has 2 rings (SSSR count). The third-order valence-electron chi connectivity index (χ3n) is 4.08. The second-order valence-electron chi connectivity index (χ2n) is 5.38. The third-order valence-corrected chi connectivity index (χ3v) is 4.08. The van der Waals surface area contributed by atoms with Crippen LogP contribution < -0.4 is 0 Å². The summed E-state index contributed by atoms with van der Waals surface area (Å²) in [6.07, 6.45) is 7.55. The fraction of sp³-hybridized carbons (Fsp3) is 0.933. The lowest BCUT2D eigenvalue weighted by molar-refractivity contribution is 0.0977. The van der Waals surface area contributed by atoms with Crippen LogP contribution in [0.15, 0.2) is 0 Å². The van der Waals surface area contributed by atoms with Gasteiger partial charge in [-0.2, -0.15) is 5.26 Å². The minimum absolute atomic E-state index is 0.350. The number of rotatable bonds is 1. The highest BCUT2D eigenvalue weighted by Gasteiger charge is 2.28. The molecular formula is C15H28N2. The molecule has 1 atom stereocenters. The molecule has 0 spiro atoms. The molecule has 1 unspecified atom stereocenters. The number of hydrogen-bond donors (Lipinski definition) is 0. The third kappa shape index (κ3) is 4.32. The van der Waals surface area contributed by atoms with E-state index in [1.807, 2.05) is 13.8 Å². The van der Waals surface area contributed by atoms with E-state index in [1.165, 1.54) is 38.8 Å². The Morgan fingerprint density at radius 3 is 2.24 bits per heavy atom. The molecule has 0 radical (unpaired) electrons. The predicted octanol–water partition coefficient (Wildman–Crippen LogP) is 3.83. The van der Waals surface area contributed by atoms with Crippen molar-refractivity contribution < 1.29 is 0 Å². The van der Waals surface area contributed by atoms with Crippen molar-refractivity contribution in [3.05, 3.63) is 0 Å². The molecular weight excluding hydrogens is 208 g/mol. The molecule has 1 aliphatic heterocycles. The number of likely N-dealkylation sites (tertiary alicyclic amines) is 1. The van der Waals surface area contributed by atoms with Crippen LogP contribution in [0.1, 0.15) is 59.3 Å². The summed E-state index contributed by atoms with van der Waals surface area (Å²) >= 11 is 0. The van der Waals surface area contributed by atoms with Crippen molar-refractivity contribution in [3.8, 4) is 6.07 Å². The van der Waals surface area contributed by atoms with E-state index in [0.29, 0.717) is 5.92 Å². The fourth-order valence-electron chi connectivity index (χ4n) is 3.13. The van der Waals surface area contributed by atoms with E-state index in [4.69, 9.17) is 5.26 Å². The van der Waals surface area contributed by atoms with E-state index in [0.717, 1.165) is 24.8 Å². The number of nitriles is 1. The van der Waals surface area contributed by atoms with Crippen LogP contribution in [0.2, 0.25) is 0 Å². The van der Waals surface area contributed by atoms with Crippen molar-refractivity contribution in [3.63, 3.8) is 0 Å². The minimum Gasteiger partial charge on any atom is -0.300 e. The maximum atomic E-state index is 8.87. The summed E-state index contributed by atoms with van der Waals surface area (Å²) in [7, 11) is 0. The Balaban J connectivity index is 0.000000686. The average molecular weight is 236 g/mol. The van der Waals surface area contributed by atoms with E-state index in [1.54, 1.807) is 0 Å². The van der Waals surface area contributed by atoms with E-state index in [-0.39, 0.29) is 0 Å². The van der Waals surface area contributed by atoms with Gasteiger partial charge in [0.2, 0.25) is 0 Å². The lowest BCUT2D eigenvalue weighted by atomic mass is 9.85. The number of piperidine rings is 1. The van der Waals surface area contributed by atoms with Gasteiger partial charge in [0.05, 0.1) is 6.07 Å². The Hall–Kier alpha value is -0.550. The van der Waals surface area contributed by atoms with Gasteiger partial charge in [-0.05, 0) is 51.0 Å². The first kappa shape index (κ1) is 14.5. The number of nitrogens with zero attached hydrogens (tertiary/aromatic N) is 2. The Morgan fingerprint density at radius 2 is 1.71 bits per heavy atom. The molecule has 2 aliphatic rings. The van der Waals surface area contributed by atoms with E-state index in [9.17, 15) is 0 Å². The van der Waals surface area contributed by atoms with Crippen LogP contribution in [-0.2, 0) is 0 Å². The van der Waals surface area contributed by atoms with Crippen LogP contribution in [0, 0.1) is 23.2 Å². The van der Waals surface area contributed by atoms with Crippen LogP contribution in [0.4, 0.5) is 0 Å². The topological polar surface area (TPSA) is 27.0 Å². The maximum absolute atomic E-state index is 8.87. The second kappa shape index (κ2) is 7.71. The van der Waals surface area contributed by atoms with Crippen LogP contribution in [0.25, 0.3) is 0 Å². The number of hydrogen-bond acceptors (Lipinski definition) is 2. The molecule has 1 aliphatic carbocycles. The maximum Gasteiger partial charge on any atom is 0.0655 e. The molecule has 0 aromatic rings. The van der Waals surface area contributed by atoms with Crippen molar-refractivity contribution in [2.75, 3.05) is 13.1 Å². The molecule has 98 valence electrons. The standard InChI is InChI=1S/C13H22N2.C2H6/c1-11-3-2-8-15(10-11)13-6-4-12(9-14)5-7-13;1-2/h11-13H,2-8,10H2,1H3;1-2H3. The molecule has 0 N–H and O–H groups in total. The summed E-state index contributed by atoms with van der Waals surface area (Å²) in [6, 6.07) is 3.21. The zero-order valence-corrected chi connectivity index (χ0v) is 11.8. The first-order valence-electron chi connectivity index (χ1n) is 7.43. The van der Waals surface area contributed by atoms with Gasteiger partial charge in [-0.1, -0.05) is 20.8 Å². The van der Waals surface area contributed by atoms with Gasteiger partial charge in [0, 0.05) is 18.5 Å². The van der Waals surface area contributed by atoms with Crippen LogP contribution in [0.5, 0.6) is 0 Å². The molecule has 0 bridgehead atoms. The summed E-state index contributed by atoms with van der Waals surface area (Å²) in [5.74, 6) is 1.23. The van der Waals surface area contributed by atoms with E-state index < -0.39 is 0 Å². The highest BCUT2D eigenvalue weighted by Crippen LogP contribution is 2.29. The summed E-state index contributed by atoms with van der Waals surface area (Å²) < 4.78 is 0. The largest absolute Gasteiger partial charge is 0.300 e. The molecule has 0 amide bonds. The van der Waals surface area contributed by atoms with Crippen LogP contribution in [-0.4, -0.2) is 24.0 Å². The summed E-state index contributed by atoms with van der Waals surface area (Å²) in [5, 5.41) is 8.87. The molecule has 1 saturated carbocycles. The Morgan fingerprint density at radius 1 is 1.06 bits per heavy atom. The van der Waals surface area contributed by atoms with Gasteiger partial charge in [0.1, 0.15) is 0 Å². The van der Waals surface area contributed by atoms with E-state index in [2.05, 4.69) is 17.9 Å². The molecule has 1 saturated heterocycles. The van der Waals surface area contributed by atoms with Gasteiger partial charge in [-0.3, -0.25) is 0 Å². The average Bonchev–Trinajstić information content (AvgIpc) is 2.41. The molecule has 17 heavy (non-hydrogen) atoms. The fourth-order valence-corrected chi connectivity index (χ4v) is 3.13. The quantitative estimate of drug-likeness (QED) is 0.692. The molecule has 2 nitrogen and oxygen atoms in total. The van der Waals surface area contributed by atoms with Crippen LogP contribution >= 0.6 is 0 Å². The first-order chi connectivity index (χ1) is 8.29. The van der Waals surface area contributed by atoms with Crippen molar-refractivity contribution in [1.29, 1.82) is 5.26 Å². The normalized spacial score (nSPS) is 34.4. The summed E-state index contributed by atoms with van der Waals surface area (Å²) in [6.45, 7) is 8.96. The highest BCUT2D eigenvalue weighted by atomic mass is 15.2. The minimum atomic E-state index is 0.350. The summed E-state index contributed by atoms with van der Waals surface area (Å²) in [5.41, 5.74) is 0. The van der Waals surface area contributed by atoms with Gasteiger partial charge in [0.15, 0.2) is 0 Å². The molecule has 2 heteroatoms. The van der Waals surface area contributed by atoms with Gasteiger partial charge in [-0.25, -0.2) is 0 Å². The SMILES string of the molecule is CC.CC1CCCN(C2CCC(C#N)CC2)C1. The smallest absolute Gasteiger partial charge is 0.0655 e. The van der Waals surface area contributed by atoms with Crippen molar-refractivity contribution in [2.45, 2.75) is 65.3 Å². The zero-order valence-electron chi connectivity index (χ0n) is 11.8. The monoisotopic (exact) mass is 236 g/mol. The van der Waals surface area contributed by atoms with Crippen molar-refractivity contribution >= 4 is 0 Å². The Kier molecular flexibility index (Phi) is 6.58. The van der Waals surface area contributed by atoms with Crippen molar-refractivity contribution in [1.82, 2.24) is 4.90 Å². The first-order valence-corrected chi connectivity index (χ1v) is 7.43. The Labute approximate surface area is 107 Å². The lowest BCUT2D eigenvalue weighted by Gasteiger charge is -2.39. The lowest BCUT2D eigenvalue weighted by Crippen LogP contribution is -2.43. The predicted molar refractivity (Wildman–Crippen MR) is 72.7 cm³/mol. The second-order valence-corrected chi connectivity index (χ2v) is 5.38. The van der Waals surface area contributed by atoms with Gasteiger partial charge in [0.25, 0.3) is 0 Å². The van der Waals surface area contributed by atoms with Gasteiger partial charge >= 0.3 is 0 Å². The van der Waals surface area contributed by atoms with Gasteiger partial charge < -0.3 is 4.90 Å².